The molecule has 0 atom stereocenters. The van der Waals surface area contributed by atoms with Gasteiger partial charge in [-0.05, 0) is 37.1 Å². The fourth-order valence-electron chi connectivity index (χ4n) is 3.16. The molecule has 0 aliphatic carbocycles. The molecule has 1 amide bonds. The van der Waals surface area contributed by atoms with Crippen LogP contribution in [-0.2, 0) is 13.0 Å². The van der Waals surface area contributed by atoms with E-state index in [1.165, 1.54) is 0 Å². The van der Waals surface area contributed by atoms with Gasteiger partial charge in [0.15, 0.2) is 0 Å². The van der Waals surface area contributed by atoms with Gasteiger partial charge in [-0.25, -0.2) is 9.78 Å². The van der Waals surface area contributed by atoms with Gasteiger partial charge in [-0.1, -0.05) is 35.6 Å². The highest BCUT2D eigenvalue weighted by atomic mass is 32.1. The Hall–Kier alpha value is -3.83. The van der Waals surface area contributed by atoms with Crippen molar-refractivity contribution in [2.45, 2.75) is 26.9 Å². The average Bonchev–Trinajstić information content (AvgIpc) is 3.47. The Morgan fingerprint density at radius 3 is 2.51 bits per heavy atom. The van der Waals surface area contributed by atoms with E-state index in [9.17, 15) is 9.59 Å². The van der Waals surface area contributed by atoms with Crippen molar-refractivity contribution in [3.8, 4) is 11.5 Å². The van der Waals surface area contributed by atoms with Crippen LogP contribution in [0.3, 0.4) is 0 Å². The van der Waals surface area contributed by atoms with Crippen LogP contribution in [0.2, 0.25) is 0 Å². The van der Waals surface area contributed by atoms with E-state index in [2.05, 4.69) is 20.5 Å². The molecule has 0 saturated heterocycles. The van der Waals surface area contributed by atoms with Crippen LogP contribution >= 0.6 is 22.7 Å². The zero-order valence-electron chi connectivity index (χ0n) is 19.0. The molecule has 0 aliphatic heterocycles. The van der Waals surface area contributed by atoms with Gasteiger partial charge in [-0.2, -0.15) is 0 Å². The number of aromatic carboxylic acids is 1. The first-order chi connectivity index (χ1) is 16.9. The summed E-state index contributed by atoms with van der Waals surface area (Å²) in [5.74, 6) is -0.750. The minimum atomic E-state index is -1.21. The normalized spacial score (nSPS) is 10.7. The standard InChI is InChI=1S/C24H22N4O5S2/c1-14-5-3-4-6-16(14)12-33-19-10-17(21(29)26-24-28-27-22(35-24)23(30)31)9-18(11-19)32-8-7-20-15(2)25-13-34-20/h3-6,9-11,13H,7-8,12H2,1-2H3,(H,30,31)(H,26,28,29). The minimum Gasteiger partial charge on any atom is -0.493 e. The number of nitrogens with zero attached hydrogens (tertiary/aromatic N) is 3. The number of hydrogen-bond donors (Lipinski definition) is 2. The molecule has 9 nitrogen and oxygen atoms in total. The first-order valence-corrected chi connectivity index (χ1v) is 12.3. The zero-order chi connectivity index (χ0) is 24.8. The van der Waals surface area contributed by atoms with E-state index >= 15 is 0 Å². The summed E-state index contributed by atoms with van der Waals surface area (Å²) in [7, 11) is 0. The fourth-order valence-corrected chi connectivity index (χ4v) is 4.50. The molecule has 2 aromatic carbocycles. The van der Waals surface area contributed by atoms with Crippen molar-refractivity contribution in [2.24, 2.45) is 0 Å². The predicted molar refractivity (Wildman–Crippen MR) is 133 cm³/mol. The number of carbonyl (C=O) groups excluding carboxylic acids is 1. The topological polar surface area (TPSA) is 124 Å². The largest absolute Gasteiger partial charge is 0.493 e. The number of anilines is 1. The molecule has 35 heavy (non-hydrogen) atoms. The third-order valence-electron chi connectivity index (χ3n) is 5.07. The fraction of sp³-hybridized carbons (Fsp3) is 0.208. The lowest BCUT2D eigenvalue weighted by atomic mass is 10.1. The molecule has 0 radical (unpaired) electrons. The molecule has 0 fully saturated rings. The molecule has 0 unspecified atom stereocenters. The summed E-state index contributed by atoms with van der Waals surface area (Å²) in [6, 6.07) is 12.8. The number of ether oxygens (including phenoxy) is 2. The molecule has 4 aromatic rings. The number of benzene rings is 2. The third-order valence-corrected chi connectivity index (χ3v) is 6.89. The second-order valence-electron chi connectivity index (χ2n) is 7.54. The number of carboxylic acids is 1. The first-order valence-electron chi connectivity index (χ1n) is 10.6. The number of rotatable bonds is 10. The van der Waals surface area contributed by atoms with Crippen molar-refractivity contribution in [3.63, 3.8) is 0 Å². The van der Waals surface area contributed by atoms with Gasteiger partial charge in [0.1, 0.15) is 18.1 Å². The van der Waals surface area contributed by atoms with Gasteiger partial charge in [0.25, 0.3) is 5.91 Å². The Morgan fingerprint density at radius 2 is 1.83 bits per heavy atom. The number of carbonyl (C=O) groups is 2. The van der Waals surface area contributed by atoms with E-state index in [4.69, 9.17) is 14.6 Å². The summed E-state index contributed by atoms with van der Waals surface area (Å²) in [6.07, 6.45) is 0.690. The molecule has 2 aromatic heterocycles. The molecule has 4 rings (SSSR count). The summed E-state index contributed by atoms with van der Waals surface area (Å²) in [4.78, 5) is 29.3. The van der Waals surface area contributed by atoms with Gasteiger partial charge in [0.05, 0.1) is 17.8 Å². The highest BCUT2D eigenvalue weighted by molar-refractivity contribution is 7.17. The maximum Gasteiger partial charge on any atom is 0.367 e. The SMILES string of the molecule is Cc1ccccc1COc1cc(OCCc2scnc2C)cc(C(=O)Nc2nnc(C(=O)O)s2)c1. The Labute approximate surface area is 209 Å². The van der Waals surface area contributed by atoms with Crippen LogP contribution in [-0.4, -0.2) is 38.8 Å². The van der Waals surface area contributed by atoms with Gasteiger partial charge in [-0.3, -0.25) is 10.1 Å². The smallest absolute Gasteiger partial charge is 0.367 e. The Kier molecular flexibility index (Phi) is 7.68. The van der Waals surface area contributed by atoms with Crippen LogP contribution in [0.5, 0.6) is 11.5 Å². The van der Waals surface area contributed by atoms with Crippen LogP contribution in [0.4, 0.5) is 5.13 Å². The minimum absolute atomic E-state index is 0.0850. The van der Waals surface area contributed by atoms with Crippen molar-refractivity contribution < 1.29 is 24.2 Å². The van der Waals surface area contributed by atoms with E-state index in [1.807, 2.05) is 38.1 Å². The van der Waals surface area contributed by atoms with Crippen molar-refractivity contribution in [3.05, 3.63) is 80.2 Å². The summed E-state index contributed by atoms with van der Waals surface area (Å²) < 4.78 is 11.9. The van der Waals surface area contributed by atoms with Gasteiger partial charge in [0.2, 0.25) is 10.1 Å². The van der Waals surface area contributed by atoms with E-state index in [0.717, 1.165) is 33.0 Å². The summed E-state index contributed by atoms with van der Waals surface area (Å²) in [5.41, 5.74) is 5.19. The highest BCUT2D eigenvalue weighted by Crippen LogP contribution is 2.26. The molecular formula is C24H22N4O5S2. The number of aromatic nitrogens is 3. The molecular weight excluding hydrogens is 488 g/mol. The lowest BCUT2D eigenvalue weighted by Gasteiger charge is -2.13. The molecule has 2 N–H and O–H groups in total. The Morgan fingerprint density at radius 1 is 1.06 bits per heavy atom. The van der Waals surface area contributed by atoms with Crippen molar-refractivity contribution in [1.29, 1.82) is 0 Å². The van der Waals surface area contributed by atoms with Crippen molar-refractivity contribution >= 4 is 39.7 Å². The summed E-state index contributed by atoms with van der Waals surface area (Å²) in [6.45, 7) is 4.70. The Balaban J connectivity index is 1.52. The lowest BCUT2D eigenvalue weighted by Crippen LogP contribution is -2.12. The van der Waals surface area contributed by atoms with E-state index in [-0.39, 0.29) is 15.7 Å². The van der Waals surface area contributed by atoms with Crippen LogP contribution in [0, 0.1) is 13.8 Å². The van der Waals surface area contributed by atoms with Crippen molar-refractivity contribution in [1.82, 2.24) is 15.2 Å². The molecule has 0 aliphatic rings. The number of carboxylic acid groups (broad SMARTS) is 1. The third kappa shape index (κ3) is 6.40. The monoisotopic (exact) mass is 510 g/mol. The molecule has 0 bridgehead atoms. The van der Waals surface area contributed by atoms with Gasteiger partial charge in [-0.15, -0.1) is 21.5 Å². The number of aryl methyl sites for hydroxylation is 2. The number of hydrogen-bond acceptors (Lipinski definition) is 9. The quantitative estimate of drug-likeness (QED) is 0.313. The zero-order valence-corrected chi connectivity index (χ0v) is 20.6. The predicted octanol–water partition coefficient (Wildman–Crippen LogP) is 4.76. The molecule has 2 heterocycles. The maximum atomic E-state index is 12.9. The van der Waals surface area contributed by atoms with Gasteiger partial charge >= 0.3 is 5.97 Å². The Bertz CT molecular complexity index is 1350. The summed E-state index contributed by atoms with van der Waals surface area (Å²) in [5, 5.41) is 18.7. The first kappa shape index (κ1) is 24.3. The van der Waals surface area contributed by atoms with Gasteiger partial charge in [0, 0.05) is 22.9 Å². The van der Waals surface area contributed by atoms with E-state index in [1.54, 1.807) is 35.0 Å². The number of nitrogens with one attached hydrogen (secondary N) is 1. The summed E-state index contributed by atoms with van der Waals surface area (Å²) >= 11 is 2.35. The van der Waals surface area contributed by atoms with E-state index < -0.39 is 11.9 Å². The van der Waals surface area contributed by atoms with Crippen LogP contribution in [0.15, 0.2) is 48.0 Å². The van der Waals surface area contributed by atoms with Gasteiger partial charge < -0.3 is 14.6 Å². The second-order valence-corrected chi connectivity index (χ2v) is 9.46. The maximum absolute atomic E-state index is 12.9. The van der Waals surface area contributed by atoms with Crippen LogP contribution in [0.1, 0.15) is 41.9 Å². The lowest BCUT2D eigenvalue weighted by molar-refractivity contribution is 0.0695. The van der Waals surface area contributed by atoms with Crippen LogP contribution in [0.25, 0.3) is 0 Å². The second kappa shape index (κ2) is 11.1. The highest BCUT2D eigenvalue weighted by Gasteiger charge is 2.16. The average molecular weight is 511 g/mol. The van der Waals surface area contributed by atoms with Crippen molar-refractivity contribution in [2.75, 3.05) is 11.9 Å². The molecule has 180 valence electrons. The van der Waals surface area contributed by atoms with Crippen LogP contribution < -0.4 is 14.8 Å². The molecule has 0 saturated carbocycles. The van der Waals surface area contributed by atoms with E-state index in [0.29, 0.717) is 31.1 Å². The molecule has 0 spiro atoms. The number of amides is 1. The molecule has 11 heteroatoms. The number of thiazole rings is 1.